The van der Waals surface area contributed by atoms with Gasteiger partial charge in [-0.3, -0.25) is 10.00 Å². The van der Waals surface area contributed by atoms with Gasteiger partial charge in [0, 0.05) is 42.5 Å². The van der Waals surface area contributed by atoms with E-state index in [4.69, 9.17) is 15.2 Å². The summed E-state index contributed by atoms with van der Waals surface area (Å²) >= 11 is 0. The molecule has 2 heterocycles. The number of rotatable bonds is 6. The number of para-hydroxylation sites is 1. The Balaban J connectivity index is 1.54. The van der Waals surface area contributed by atoms with E-state index in [0.717, 1.165) is 22.2 Å². The van der Waals surface area contributed by atoms with Crippen molar-refractivity contribution in [1.82, 2.24) is 14.8 Å². The van der Waals surface area contributed by atoms with Crippen LogP contribution in [-0.2, 0) is 7.05 Å². The number of ether oxygens (including phenoxy) is 2. The molecule has 0 aliphatic rings. The lowest BCUT2D eigenvalue weighted by molar-refractivity contribution is 0.213. The highest BCUT2D eigenvalue weighted by Crippen LogP contribution is 2.32. The number of carbonyl (C=O) groups excluding carboxylic acids is 1. The number of nitrogens with two attached hydrogens (primary N) is 1. The van der Waals surface area contributed by atoms with Gasteiger partial charge in [-0.15, -0.1) is 0 Å². The summed E-state index contributed by atoms with van der Waals surface area (Å²) in [4.78, 5) is 16.7. The first-order valence-corrected chi connectivity index (χ1v) is 9.44. The summed E-state index contributed by atoms with van der Waals surface area (Å²) in [5.41, 5.74) is 8.49. The number of fused-ring (bicyclic) bond motifs is 1. The summed E-state index contributed by atoms with van der Waals surface area (Å²) < 4.78 is 12.8. The van der Waals surface area contributed by atoms with E-state index in [1.807, 2.05) is 43.4 Å². The van der Waals surface area contributed by atoms with Crippen molar-refractivity contribution in [1.29, 1.82) is 0 Å². The maximum atomic E-state index is 12.4. The number of nitrogens with zero attached hydrogens (tertiary/aromatic N) is 3. The first kappa shape index (κ1) is 19.4. The van der Waals surface area contributed by atoms with Crippen molar-refractivity contribution in [2.75, 3.05) is 18.5 Å². The molecule has 4 aromatic rings. The van der Waals surface area contributed by atoms with Gasteiger partial charge in [-0.2, -0.15) is 5.10 Å². The van der Waals surface area contributed by atoms with E-state index in [1.165, 1.54) is 0 Å². The number of hydrogen-bond acceptors (Lipinski definition) is 6. The molecule has 0 fully saturated rings. The van der Waals surface area contributed by atoms with Gasteiger partial charge in [0.2, 0.25) is 5.88 Å². The lowest BCUT2D eigenvalue weighted by Gasteiger charge is -2.14. The van der Waals surface area contributed by atoms with E-state index in [-0.39, 0.29) is 5.88 Å². The van der Waals surface area contributed by atoms with Gasteiger partial charge < -0.3 is 15.2 Å². The highest BCUT2D eigenvalue weighted by molar-refractivity contribution is 5.88. The minimum Gasteiger partial charge on any atom is -0.492 e. The van der Waals surface area contributed by atoms with Crippen LogP contribution in [0.5, 0.6) is 11.6 Å². The maximum Gasteiger partial charge on any atom is 0.418 e. The van der Waals surface area contributed by atoms with Crippen molar-refractivity contribution >= 4 is 22.7 Å². The highest BCUT2D eigenvalue weighted by Gasteiger charge is 2.13. The van der Waals surface area contributed by atoms with Crippen LogP contribution in [0, 0.1) is 0 Å². The third kappa shape index (κ3) is 4.23. The quantitative estimate of drug-likeness (QED) is 0.510. The van der Waals surface area contributed by atoms with Crippen LogP contribution < -0.4 is 20.5 Å². The Bertz CT molecular complexity index is 1190. The Morgan fingerprint density at radius 1 is 1.13 bits per heavy atom. The number of carbonyl (C=O) groups is 1. The van der Waals surface area contributed by atoms with Crippen LogP contribution in [-0.4, -0.2) is 34.0 Å². The van der Waals surface area contributed by atoms with E-state index in [9.17, 15) is 4.79 Å². The van der Waals surface area contributed by atoms with Gasteiger partial charge in [0.25, 0.3) is 0 Å². The van der Waals surface area contributed by atoms with E-state index >= 15 is 0 Å². The first-order chi connectivity index (χ1) is 14.6. The summed E-state index contributed by atoms with van der Waals surface area (Å²) in [6.45, 7) is 0.781. The summed E-state index contributed by atoms with van der Waals surface area (Å²) in [6.07, 6.45) is 1.06. The zero-order chi connectivity index (χ0) is 20.9. The first-order valence-electron chi connectivity index (χ1n) is 9.44. The molecule has 0 spiro atoms. The van der Waals surface area contributed by atoms with Crippen LogP contribution in [0.1, 0.15) is 0 Å². The van der Waals surface area contributed by atoms with Crippen molar-refractivity contribution in [3.63, 3.8) is 0 Å². The molecule has 152 valence electrons. The number of anilines is 1. The van der Waals surface area contributed by atoms with Gasteiger partial charge in [0.05, 0.1) is 11.2 Å². The molecule has 0 radical (unpaired) electrons. The molecule has 2 aromatic heterocycles. The van der Waals surface area contributed by atoms with Gasteiger partial charge in [-0.1, -0.05) is 18.2 Å². The largest absolute Gasteiger partial charge is 0.492 e. The normalized spacial score (nSPS) is 10.7. The molecule has 0 saturated carbocycles. The zero-order valence-electron chi connectivity index (χ0n) is 16.4. The molecule has 0 bridgehead atoms. The van der Waals surface area contributed by atoms with Gasteiger partial charge >= 0.3 is 6.09 Å². The van der Waals surface area contributed by atoms with Crippen LogP contribution in [0.3, 0.4) is 0 Å². The second-order valence-electron chi connectivity index (χ2n) is 6.54. The van der Waals surface area contributed by atoms with E-state index in [0.29, 0.717) is 24.6 Å². The zero-order valence-corrected chi connectivity index (χ0v) is 16.4. The molecule has 0 atom stereocenters. The number of nitrogens with one attached hydrogen (secondary N) is 1. The summed E-state index contributed by atoms with van der Waals surface area (Å²) in [5, 5.41) is 7.91. The van der Waals surface area contributed by atoms with E-state index in [1.54, 1.807) is 35.1 Å². The Hall–Kier alpha value is -3.91. The molecular formula is C22H21N5O3. The summed E-state index contributed by atoms with van der Waals surface area (Å²) in [6, 6.07) is 18.3. The average molecular weight is 403 g/mol. The molecule has 3 N–H and O–H groups in total. The second-order valence-corrected chi connectivity index (χ2v) is 6.54. The van der Waals surface area contributed by atoms with Crippen molar-refractivity contribution in [2.24, 2.45) is 12.8 Å². The van der Waals surface area contributed by atoms with E-state index in [2.05, 4.69) is 15.4 Å². The number of benzene rings is 2. The Labute approximate surface area is 173 Å². The molecule has 30 heavy (non-hydrogen) atoms. The van der Waals surface area contributed by atoms with E-state index < -0.39 is 6.09 Å². The molecule has 4 rings (SSSR count). The average Bonchev–Trinajstić information content (AvgIpc) is 3.18. The third-order valence-corrected chi connectivity index (χ3v) is 4.47. The molecule has 0 saturated heterocycles. The predicted molar refractivity (Wildman–Crippen MR) is 115 cm³/mol. The molecule has 8 heteroatoms. The van der Waals surface area contributed by atoms with Crippen molar-refractivity contribution in [2.45, 2.75) is 0 Å². The third-order valence-electron chi connectivity index (χ3n) is 4.47. The monoisotopic (exact) mass is 403 g/mol. The summed E-state index contributed by atoms with van der Waals surface area (Å²) in [7, 11) is 1.84. The van der Waals surface area contributed by atoms with Crippen LogP contribution >= 0.6 is 0 Å². The van der Waals surface area contributed by atoms with Crippen LogP contribution in [0.15, 0.2) is 66.9 Å². The molecule has 0 unspecified atom stereocenters. The number of pyridine rings is 1. The number of aromatic nitrogens is 3. The second kappa shape index (κ2) is 8.62. The summed E-state index contributed by atoms with van der Waals surface area (Å²) in [5.74, 6) is 0.875. The lowest BCUT2D eigenvalue weighted by Crippen LogP contribution is -2.17. The fourth-order valence-electron chi connectivity index (χ4n) is 3.08. The molecule has 1 amide bonds. The van der Waals surface area contributed by atoms with Crippen LogP contribution in [0.4, 0.5) is 10.5 Å². The highest BCUT2D eigenvalue weighted by atomic mass is 16.6. The Morgan fingerprint density at radius 3 is 2.80 bits per heavy atom. The van der Waals surface area contributed by atoms with Crippen LogP contribution in [0.2, 0.25) is 0 Å². The number of aryl methyl sites for hydroxylation is 1. The standard InChI is InChI=1S/C22H21N5O3/c1-27-19(10-12-24-27)17-14-16(7-8-20(17)29-13-11-23)25-22(28)30-21-9-6-15-4-2-3-5-18(15)26-21/h2-10,12,14H,11,13,23H2,1H3,(H,25,28). The molecule has 2 aromatic carbocycles. The molecule has 0 aliphatic carbocycles. The van der Waals surface area contributed by atoms with Crippen molar-refractivity contribution < 1.29 is 14.3 Å². The minimum absolute atomic E-state index is 0.223. The van der Waals surface area contributed by atoms with Crippen molar-refractivity contribution in [3.8, 4) is 22.9 Å². The Morgan fingerprint density at radius 2 is 2.00 bits per heavy atom. The molecule has 8 nitrogen and oxygen atoms in total. The molecular weight excluding hydrogens is 382 g/mol. The maximum absolute atomic E-state index is 12.4. The van der Waals surface area contributed by atoms with Crippen molar-refractivity contribution in [3.05, 3.63) is 66.9 Å². The predicted octanol–water partition coefficient (Wildman–Crippen LogP) is 3.58. The fraction of sp³-hybridized carbons (Fsp3) is 0.136. The van der Waals surface area contributed by atoms with Gasteiger partial charge in [-0.05, 0) is 36.4 Å². The number of amides is 1. The van der Waals surface area contributed by atoms with Gasteiger partial charge in [-0.25, -0.2) is 9.78 Å². The fourth-order valence-corrected chi connectivity index (χ4v) is 3.08. The lowest BCUT2D eigenvalue weighted by atomic mass is 10.1. The minimum atomic E-state index is -0.635. The van der Waals surface area contributed by atoms with Crippen LogP contribution in [0.25, 0.3) is 22.2 Å². The smallest absolute Gasteiger partial charge is 0.418 e. The topological polar surface area (TPSA) is 104 Å². The molecule has 0 aliphatic heterocycles. The Kier molecular flexibility index (Phi) is 5.58. The van der Waals surface area contributed by atoms with Gasteiger partial charge in [0.15, 0.2) is 0 Å². The number of hydrogen-bond donors (Lipinski definition) is 2. The SMILES string of the molecule is Cn1nccc1-c1cc(NC(=O)Oc2ccc3ccccc3n2)ccc1OCCN. The van der Waals surface area contributed by atoms with Gasteiger partial charge in [0.1, 0.15) is 12.4 Å².